The molecule has 124 valence electrons. The predicted molar refractivity (Wildman–Crippen MR) is 91.7 cm³/mol. The van der Waals surface area contributed by atoms with E-state index in [1.54, 1.807) is 0 Å². The van der Waals surface area contributed by atoms with Crippen LogP contribution in [0, 0.1) is 47.4 Å². The van der Waals surface area contributed by atoms with Crippen molar-refractivity contribution in [3.63, 3.8) is 0 Å². The van der Waals surface area contributed by atoms with Crippen molar-refractivity contribution in [2.45, 2.75) is 25.7 Å². The fraction of sp³-hybridized carbons (Fsp3) is 0.800. The van der Waals surface area contributed by atoms with E-state index in [1.165, 1.54) is 51.9 Å². The minimum Gasteiger partial charge on any atom is -0.378 e. The van der Waals surface area contributed by atoms with Crippen LogP contribution in [0.1, 0.15) is 25.7 Å². The monoisotopic (exact) mass is 312 g/mol. The summed E-state index contributed by atoms with van der Waals surface area (Å²) in [7, 11) is 0. The normalized spacial score (nSPS) is 47.9. The van der Waals surface area contributed by atoms with Gasteiger partial charge in [-0.2, -0.15) is 0 Å². The molecule has 4 bridgehead atoms. The van der Waals surface area contributed by atoms with Gasteiger partial charge in [0.1, 0.15) is 0 Å². The van der Waals surface area contributed by atoms with Crippen LogP contribution < -0.4 is 0 Å². The highest BCUT2D eigenvalue weighted by Crippen LogP contribution is 2.44. The van der Waals surface area contributed by atoms with Crippen molar-refractivity contribution in [3.05, 3.63) is 0 Å². The zero-order chi connectivity index (χ0) is 15.9. The van der Waals surface area contributed by atoms with Crippen LogP contribution in [0.2, 0.25) is 0 Å². The van der Waals surface area contributed by atoms with Crippen LogP contribution in [0.4, 0.5) is 0 Å². The molecule has 0 aromatic rings. The molecule has 6 fully saturated rings. The van der Waals surface area contributed by atoms with Crippen molar-refractivity contribution < 1.29 is 4.74 Å². The first-order valence-corrected chi connectivity index (χ1v) is 9.18. The highest BCUT2D eigenvalue weighted by molar-refractivity contribution is 5.16. The Labute approximate surface area is 140 Å². The summed E-state index contributed by atoms with van der Waals surface area (Å²) >= 11 is 0. The van der Waals surface area contributed by atoms with Gasteiger partial charge in [0.15, 0.2) is 0 Å². The van der Waals surface area contributed by atoms with Crippen molar-refractivity contribution in [1.82, 2.24) is 9.80 Å². The van der Waals surface area contributed by atoms with Gasteiger partial charge < -0.3 is 14.5 Å². The molecule has 6 aliphatic heterocycles. The van der Waals surface area contributed by atoms with E-state index >= 15 is 0 Å². The third-order valence-electron chi connectivity index (χ3n) is 7.04. The van der Waals surface area contributed by atoms with E-state index < -0.39 is 0 Å². The molecule has 6 heterocycles. The summed E-state index contributed by atoms with van der Waals surface area (Å²) in [5.41, 5.74) is -0.166. The maximum Gasteiger partial charge on any atom is 0.0700 e. The molecular weight excluding hydrogens is 284 g/mol. The molecule has 0 aromatic carbocycles. The lowest BCUT2D eigenvalue weighted by atomic mass is 9.66. The molecule has 3 heteroatoms. The minimum absolute atomic E-state index is 0.0831. The van der Waals surface area contributed by atoms with E-state index in [0.717, 1.165) is 13.1 Å². The van der Waals surface area contributed by atoms with E-state index in [9.17, 15) is 0 Å². The molecule has 0 saturated carbocycles. The zero-order valence-corrected chi connectivity index (χ0v) is 14.1. The Bertz CT molecular complexity index is 483. The van der Waals surface area contributed by atoms with Crippen LogP contribution in [-0.2, 0) is 4.74 Å². The highest BCUT2D eigenvalue weighted by Gasteiger charge is 2.48. The molecule has 0 N–H and O–H groups in total. The summed E-state index contributed by atoms with van der Waals surface area (Å²) in [5, 5.41) is 0. The summed E-state index contributed by atoms with van der Waals surface area (Å²) < 4.78 is 6.27. The molecule has 6 saturated heterocycles. The number of nitrogens with zero attached hydrogens (tertiary/aromatic N) is 2. The number of ether oxygens (including phenoxy) is 1. The van der Waals surface area contributed by atoms with Crippen LogP contribution in [-0.4, -0.2) is 62.3 Å². The SMILES string of the molecule is C#C[C@@]1(COC[C@]2(C#C)CN3CCC2CC3)CN2CCC1CC2. The average molecular weight is 312 g/mol. The molecule has 6 rings (SSSR count). The average Bonchev–Trinajstić information content (AvgIpc) is 2.63. The van der Waals surface area contributed by atoms with Crippen LogP contribution in [0.3, 0.4) is 0 Å². The van der Waals surface area contributed by atoms with Gasteiger partial charge in [-0.3, -0.25) is 0 Å². The number of rotatable bonds is 4. The molecule has 0 radical (unpaired) electrons. The Kier molecular flexibility index (Phi) is 3.93. The molecule has 2 atom stereocenters. The second-order valence-corrected chi connectivity index (χ2v) is 8.19. The van der Waals surface area contributed by atoms with Crippen LogP contribution in [0.15, 0.2) is 0 Å². The molecule has 0 aliphatic carbocycles. The fourth-order valence-electron chi connectivity index (χ4n) is 5.50. The van der Waals surface area contributed by atoms with Crippen molar-refractivity contribution in [1.29, 1.82) is 0 Å². The van der Waals surface area contributed by atoms with Gasteiger partial charge in [0, 0.05) is 13.1 Å². The summed E-state index contributed by atoms with van der Waals surface area (Å²) in [6.07, 6.45) is 16.8. The maximum atomic E-state index is 6.27. The van der Waals surface area contributed by atoms with Gasteiger partial charge >= 0.3 is 0 Å². The van der Waals surface area contributed by atoms with E-state index in [4.69, 9.17) is 17.6 Å². The van der Waals surface area contributed by atoms with Gasteiger partial charge in [0.05, 0.1) is 24.0 Å². The van der Waals surface area contributed by atoms with Crippen molar-refractivity contribution in [2.24, 2.45) is 22.7 Å². The number of terminal acetylenes is 2. The Morgan fingerprint density at radius 3 is 1.43 bits per heavy atom. The Morgan fingerprint density at radius 2 is 1.17 bits per heavy atom. The number of fused-ring (bicyclic) bond motifs is 6. The smallest absolute Gasteiger partial charge is 0.0700 e. The maximum absolute atomic E-state index is 6.27. The van der Waals surface area contributed by atoms with Gasteiger partial charge in [-0.25, -0.2) is 0 Å². The number of hydrogen-bond donors (Lipinski definition) is 0. The van der Waals surface area contributed by atoms with Crippen molar-refractivity contribution in [2.75, 3.05) is 52.5 Å². The fourth-order valence-corrected chi connectivity index (χ4v) is 5.50. The molecule has 23 heavy (non-hydrogen) atoms. The van der Waals surface area contributed by atoms with Gasteiger partial charge in [-0.05, 0) is 63.7 Å². The first-order valence-electron chi connectivity index (χ1n) is 9.18. The van der Waals surface area contributed by atoms with E-state index in [0.29, 0.717) is 25.0 Å². The van der Waals surface area contributed by atoms with Crippen molar-refractivity contribution in [3.8, 4) is 24.7 Å². The molecule has 0 amide bonds. The van der Waals surface area contributed by atoms with Gasteiger partial charge in [0.2, 0.25) is 0 Å². The molecule has 0 aromatic heterocycles. The second kappa shape index (κ2) is 5.82. The van der Waals surface area contributed by atoms with E-state index in [2.05, 4.69) is 21.6 Å². The van der Waals surface area contributed by atoms with Gasteiger partial charge in [0.25, 0.3) is 0 Å². The Morgan fingerprint density at radius 1 is 0.783 bits per heavy atom. The Balaban J connectivity index is 1.41. The topological polar surface area (TPSA) is 15.7 Å². The first kappa shape index (κ1) is 15.5. The largest absolute Gasteiger partial charge is 0.378 e. The van der Waals surface area contributed by atoms with Gasteiger partial charge in [-0.15, -0.1) is 12.8 Å². The van der Waals surface area contributed by atoms with Crippen molar-refractivity contribution >= 4 is 0 Å². The molecule has 6 aliphatic rings. The van der Waals surface area contributed by atoms with E-state index in [-0.39, 0.29) is 10.8 Å². The third-order valence-corrected chi connectivity index (χ3v) is 7.04. The number of piperidine rings is 6. The molecule has 0 unspecified atom stereocenters. The van der Waals surface area contributed by atoms with Crippen LogP contribution in [0.25, 0.3) is 0 Å². The Hall–Kier alpha value is -1.00. The van der Waals surface area contributed by atoms with Gasteiger partial charge in [-0.1, -0.05) is 11.8 Å². The predicted octanol–water partition coefficient (Wildman–Crippen LogP) is 1.69. The van der Waals surface area contributed by atoms with Crippen LogP contribution >= 0.6 is 0 Å². The summed E-state index contributed by atoms with van der Waals surface area (Å²) in [5.74, 6) is 7.51. The molecule has 0 spiro atoms. The molecular formula is C20H28N2O. The number of hydrogen-bond acceptors (Lipinski definition) is 3. The minimum atomic E-state index is -0.0831. The summed E-state index contributed by atoms with van der Waals surface area (Å²) in [6, 6.07) is 0. The summed E-state index contributed by atoms with van der Waals surface area (Å²) in [6.45, 7) is 8.21. The second-order valence-electron chi connectivity index (χ2n) is 8.19. The molecule has 3 nitrogen and oxygen atoms in total. The lowest BCUT2D eigenvalue weighted by molar-refractivity contribution is -0.0881. The third kappa shape index (κ3) is 2.51. The van der Waals surface area contributed by atoms with E-state index in [1.807, 2.05) is 0 Å². The lowest BCUT2D eigenvalue weighted by Crippen LogP contribution is -2.58. The zero-order valence-electron chi connectivity index (χ0n) is 14.1. The first-order chi connectivity index (χ1) is 11.2. The van der Waals surface area contributed by atoms with Crippen LogP contribution in [0.5, 0.6) is 0 Å². The standard InChI is InChI=1S/C20H28N2O/c1-3-19(13-21-9-5-17(19)6-10-21)15-23-16-20(4-2)14-22-11-7-18(20)8-12-22/h1-2,17-18H,5-16H2/t19-,20-/m0/s1. The summed E-state index contributed by atoms with van der Waals surface area (Å²) in [4.78, 5) is 5.02. The highest BCUT2D eigenvalue weighted by atomic mass is 16.5. The lowest BCUT2D eigenvalue weighted by Gasteiger charge is -2.52. The quantitative estimate of drug-likeness (QED) is 0.735.